The number of carbonyl (C=O) groups is 1. The molecule has 0 unspecified atom stereocenters. The van der Waals surface area contributed by atoms with Crippen LogP contribution in [0.2, 0.25) is 0 Å². The average molecular weight is 341 g/mol. The van der Waals surface area contributed by atoms with Gasteiger partial charge in [0.15, 0.2) is 0 Å². The van der Waals surface area contributed by atoms with Crippen LogP contribution >= 0.6 is 0 Å². The molecule has 0 radical (unpaired) electrons. The molecule has 0 saturated heterocycles. The molecule has 0 atom stereocenters. The van der Waals surface area contributed by atoms with Crippen LogP contribution in [0.4, 0.5) is 0 Å². The number of hydrogen-bond donors (Lipinski definition) is 1. The Hall–Kier alpha value is -2.79. The molecule has 1 amide bonds. The van der Waals surface area contributed by atoms with Crippen molar-refractivity contribution in [3.05, 3.63) is 65.7 Å². The van der Waals surface area contributed by atoms with Gasteiger partial charge in [-0.25, -0.2) is 0 Å². The first-order valence-electron chi connectivity index (χ1n) is 8.01. The smallest absolute Gasteiger partial charge is 0.246 e. The van der Waals surface area contributed by atoms with Gasteiger partial charge in [0.1, 0.15) is 11.5 Å². The van der Waals surface area contributed by atoms with Crippen LogP contribution in [0.5, 0.6) is 11.5 Å². The zero-order valence-electron chi connectivity index (χ0n) is 14.5. The van der Waals surface area contributed by atoms with Crippen molar-refractivity contribution in [1.82, 2.24) is 4.90 Å². The van der Waals surface area contributed by atoms with Crippen molar-refractivity contribution in [2.45, 2.75) is 6.54 Å². The van der Waals surface area contributed by atoms with E-state index in [4.69, 9.17) is 9.47 Å². The lowest BCUT2D eigenvalue weighted by Crippen LogP contribution is -2.31. The van der Waals surface area contributed by atoms with E-state index in [0.29, 0.717) is 18.0 Å². The van der Waals surface area contributed by atoms with Gasteiger partial charge in [0.05, 0.1) is 20.8 Å². The number of nitrogens with zero attached hydrogens (tertiary/aromatic N) is 1. The van der Waals surface area contributed by atoms with Gasteiger partial charge in [-0.05, 0) is 29.3 Å². The van der Waals surface area contributed by atoms with E-state index >= 15 is 0 Å². The fraction of sp³-hybridized carbons (Fsp3) is 0.250. The van der Waals surface area contributed by atoms with Crippen molar-refractivity contribution in [2.75, 3.05) is 27.4 Å². The fourth-order valence-corrected chi connectivity index (χ4v) is 2.39. The van der Waals surface area contributed by atoms with Gasteiger partial charge < -0.3 is 19.5 Å². The van der Waals surface area contributed by atoms with Crippen molar-refractivity contribution in [3.8, 4) is 11.5 Å². The van der Waals surface area contributed by atoms with Crippen LogP contribution in [-0.2, 0) is 11.3 Å². The predicted octanol–water partition coefficient (Wildman–Crippen LogP) is 2.74. The van der Waals surface area contributed by atoms with Crippen LogP contribution in [0.25, 0.3) is 6.08 Å². The molecule has 0 aliphatic carbocycles. The van der Waals surface area contributed by atoms with E-state index in [1.807, 2.05) is 42.5 Å². The molecule has 0 saturated carbocycles. The van der Waals surface area contributed by atoms with Crippen molar-refractivity contribution >= 4 is 12.0 Å². The van der Waals surface area contributed by atoms with Crippen LogP contribution in [0, 0.1) is 0 Å². The Bertz CT molecular complexity index is 691. The number of aliphatic hydroxyl groups is 1. The van der Waals surface area contributed by atoms with Gasteiger partial charge in [0.25, 0.3) is 0 Å². The minimum atomic E-state index is -0.167. The normalized spacial score (nSPS) is 10.7. The maximum Gasteiger partial charge on any atom is 0.246 e. The molecule has 2 rings (SSSR count). The lowest BCUT2D eigenvalue weighted by atomic mass is 10.1. The Labute approximate surface area is 148 Å². The summed E-state index contributed by atoms with van der Waals surface area (Å²) in [5, 5.41) is 9.23. The molecule has 0 fully saturated rings. The van der Waals surface area contributed by atoms with Gasteiger partial charge in [-0.3, -0.25) is 4.79 Å². The molecule has 0 bridgehead atoms. The number of benzene rings is 2. The number of rotatable bonds is 8. The van der Waals surface area contributed by atoms with Gasteiger partial charge in [-0.15, -0.1) is 0 Å². The minimum Gasteiger partial charge on any atom is -0.497 e. The van der Waals surface area contributed by atoms with Gasteiger partial charge in [0.2, 0.25) is 5.91 Å². The average Bonchev–Trinajstić information content (AvgIpc) is 2.66. The number of methoxy groups -OCH3 is 2. The first-order chi connectivity index (χ1) is 12.2. The molecule has 0 aliphatic rings. The van der Waals surface area contributed by atoms with E-state index in [2.05, 4.69) is 0 Å². The Kier molecular flexibility index (Phi) is 7.04. The van der Waals surface area contributed by atoms with Crippen LogP contribution in [0.1, 0.15) is 11.1 Å². The first kappa shape index (κ1) is 18.5. The molecule has 2 aromatic carbocycles. The number of carbonyl (C=O) groups excluding carboxylic acids is 1. The summed E-state index contributed by atoms with van der Waals surface area (Å²) in [6.45, 7) is 0.644. The third-order valence-corrected chi connectivity index (χ3v) is 3.69. The summed E-state index contributed by atoms with van der Waals surface area (Å²) in [6.07, 6.45) is 3.20. The fourth-order valence-electron chi connectivity index (χ4n) is 2.39. The molecule has 0 aromatic heterocycles. The zero-order valence-corrected chi connectivity index (χ0v) is 14.5. The van der Waals surface area contributed by atoms with E-state index in [1.165, 1.54) is 6.08 Å². The highest BCUT2D eigenvalue weighted by Gasteiger charge is 2.10. The third-order valence-electron chi connectivity index (χ3n) is 3.69. The zero-order chi connectivity index (χ0) is 18.1. The summed E-state index contributed by atoms with van der Waals surface area (Å²) in [4.78, 5) is 14.1. The Morgan fingerprint density at radius 1 is 1.08 bits per heavy atom. The number of ether oxygens (including phenoxy) is 2. The predicted molar refractivity (Wildman–Crippen MR) is 97.5 cm³/mol. The van der Waals surface area contributed by atoms with Crippen LogP contribution < -0.4 is 9.47 Å². The van der Waals surface area contributed by atoms with E-state index in [-0.39, 0.29) is 19.1 Å². The third kappa shape index (κ3) is 5.65. The standard InChI is InChI=1S/C20H23NO4/c1-24-18-12-17(13-19(14-18)25-2)8-9-20(23)21(10-11-22)15-16-6-4-3-5-7-16/h3-9,12-14,22H,10-11,15H2,1-2H3/b9-8+. The van der Waals surface area contributed by atoms with E-state index in [9.17, 15) is 9.90 Å². The van der Waals surface area contributed by atoms with Gasteiger partial charge in [0, 0.05) is 25.2 Å². The highest BCUT2D eigenvalue weighted by Crippen LogP contribution is 2.23. The lowest BCUT2D eigenvalue weighted by molar-refractivity contribution is -0.127. The Balaban J connectivity index is 2.13. The molecular formula is C20H23NO4. The highest BCUT2D eigenvalue weighted by molar-refractivity contribution is 5.91. The molecule has 2 aromatic rings. The summed E-state index contributed by atoms with van der Waals surface area (Å²) in [6, 6.07) is 15.1. The second-order valence-electron chi connectivity index (χ2n) is 5.45. The molecule has 0 heterocycles. The van der Waals surface area contributed by atoms with Crippen molar-refractivity contribution in [1.29, 1.82) is 0 Å². The SMILES string of the molecule is COc1cc(/C=C/C(=O)N(CCO)Cc2ccccc2)cc(OC)c1. The maximum absolute atomic E-state index is 12.5. The van der Waals surface area contributed by atoms with E-state index < -0.39 is 0 Å². The first-order valence-corrected chi connectivity index (χ1v) is 8.01. The molecule has 0 spiro atoms. The van der Waals surface area contributed by atoms with Crippen molar-refractivity contribution < 1.29 is 19.4 Å². The van der Waals surface area contributed by atoms with Crippen LogP contribution in [0.3, 0.4) is 0 Å². The molecule has 0 aliphatic heterocycles. The van der Waals surface area contributed by atoms with Gasteiger partial charge >= 0.3 is 0 Å². The maximum atomic E-state index is 12.5. The van der Waals surface area contributed by atoms with E-state index in [1.54, 1.807) is 31.3 Å². The van der Waals surface area contributed by atoms with Crippen LogP contribution in [-0.4, -0.2) is 43.3 Å². The quantitative estimate of drug-likeness (QED) is 0.750. The molecular weight excluding hydrogens is 318 g/mol. The molecule has 1 N–H and O–H groups in total. The monoisotopic (exact) mass is 341 g/mol. The number of hydrogen-bond acceptors (Lipinski definition) is 4. The second kappa shape index (κ2) is 9.49. The number of amides is 1. The van der Waals surface area contributed by atoms with Crippen molar-refractivity contribution in [3.63, 3.8) is 0 Å². The van der Waals surface area contributed by atoms with Crippen LogP contribution in [0.15, 0.2) is 54.6 Å². The summed E-state index contributed by atoms with van der Waals surface area (Å²) >= 11 is 0. The Morgan fingerprint density at radius 2 is 1.72 bits per heavy atom. The second-order valence-corrected chi connectivity index (χ2v) is 5.45. The molecule has 132 valence electrons. The molecule has 5 nitrogen and oxygen atoms in total. The minimum absolute atomic E-state index is 0.0839. The largest absolute Gasteiger partial charge is 0.497 e. The highest BCUT2D eigenvalue weighted by atomic mass is 16.5. The molecule has 5 heteroatoms. The summed E-state index contributed by atoms with van der Waals surface area (Å²) in [5.41, 5.74) is 1.81. The van der Waals surface area contributed by atoms with E-state index in [0.717, 1.165) is 11.1 Å². The number of aliphatic hydroxyl groups excluding tert-OH is 1. The summed E-state index contributed by atoms with van der Waals surface area (Å²) in [7, 11) is 3.16. The summed E-state index contributed by atoms with van der Waals surface area (Å²) < 4.78 is 10.5. The lowest BCUT2D eigenvalue weighted by Gasteiger charge is -2.20. The molecule has 25 heavy (non-hydrogen) atoms. The van der Waals surface area contributed by atoms with Gasteiger partial charge in [-0.1, -0.05) is 30.3 Å². The van der Waals surface area contributed by atoms with Gasteiger partial charge in [-0.2, -0.15) is 0 Å². The topological polar surface area (TPSA) is 59.0 Å². The Morgan fingerprint density at radius 3 is 2.28 bits per heavy atom. The van der Waals surface area contributed by atoms with Crippen molar-refractivity contribution in [2.24, 2.45) is 0 Å². The summed E-state index contributed by atoms with van der Waals surface area (Å²) in [5.74, 6) is 1.14.